The summed E-state index contributed by atoms with van der Waals surface area (Å²) in [6, 6.07) is 0. The molecule has 0 aliphatic rings. The molecule has 14 heavy (non-hydrogen) atoms. The molecule has 0 spiro atoms. The van der Waals surface area contributed by atoms with E-state index in [2.05, 4.69) is 30.2 Å². The van der Waals surface area contributed by atoms with Gasteiger partial charge in [-0.25, -0.2) is 0 Å². The average Bonchev–Trinajstić information content (AvgIpc) is 2.17. The summed E-state index contributed by atoms with van der Waals surface area (Å²) in [5, 5.41) is 18.6. The quantitative estimate of drug-likeness (QED) is 0.619. The zero-order valence-corrected chi connectivity index (χ0v) is 9.95. The van der Waals surface area contributed by atoms with E-state index in [9.17, 15) is 5.11 Å². The Morgan fingerprint density at radius 3 is 2.36 bits per heavy atom. The van der Waals surface area contributed by atoms with Gasteiger partial charge in [0.2, 0.25) is 0 Å². The Bertz CT molecular complexity index is 310. The molecule has 0 saturated carbocycles. The molecule has 6 heteroatoms. The normalized spacial score (nSPS) is 9.64. The molecule has 0 unspecified atom stereocenters. The van der Waals surface area contributed by atoms with Gasteiger partial charge >= 0.3 is 0 Å². The number of hydrogen-bond donors (Lipinski definition) is 4. The van der Waals surface area contributed by atoms with Crippen LogP contribution in [0.3, 0.4) is 0 Å². The van der Waals surface area contributed by atoms with Crippen LogP contribution in [0.5, 0.6) is 5.75 Å². The number of pyridine rings is 1. The summed E-state index contributed by atoms with van der Waals surface area (Å²) < 4.78 is 0. The molecule has 80 valence electrons. The van der Waals surface area contributed by atoms with Crippen molar-refractivity contribution in [3.63, 3.8) is 0 Å². The molecule has 0 saturated heterocycles. The maximum absolute atomic E-state index is 9.63. The van der Waals surface area contributed by atoms with Crippen molar-refractivity contribution in [2.24, 2.45) is 0 Å². The second kappa shape index (κ2) is 6.40. The highest BCUT2D eigenvalue weighted by Gasteiger charge is 2.10. The highest BCUT2D eigenvalue weighted by atomic mass is 35.5. The first-order valence-corrected chi connectivity index (χ1v) is 5.02. The van der Waals surface area contributed by atoms with Crippen LogP contribution < -0.4 is 0 Å². The van der Waals surface area contributed by atoms with Gasteiger partial charge in [-0.3, -0.25) is 4.98 Å². The van der Waals surface area contributed by atoms with E-state index in [4.69, 9.17) is 5.11 Å². The van der Waals surface area contributed by atoms with Crippen molar-refractivity contribution in [1.29, 1.82) is 0 Å². The van der Waals surface area contributed by atoms with Crippen LogP contribution in [-0.2, 0) is 18.1 Å². The molecule has 0 bridgehead atoms. The van der Waals surface area contributed by atoms with E-state index >= 15 is 0 Å². The number of aliphatic hydroxyl groups excluding tert-OH is 1. The van der Waals surface area contributed by atoms with Crippen molar-refractivity contribution >= 4 is 37.7 Å². The maximum atomic E-state index is 9.63. The van der Waals surface area contributed by atoms with E-state index in [1.807, 2.05) is 0 Å². The monoisotopic (exact) mass is 253 g/mol. The fourth-order valence-electron chi connectivity index (χ4n) is 1.05. The predicted molar refractivity (Wildman–Crippen MR) is 64.5 cm³/mol. The van der Waals surface area contributed by atoms with Crippen LogP contribution >= 0.6 is 37.7 Å². The fourth-order valence-corrected chi connectivity index (χ4v) is 1.63. The summed E-state index contributed by atoms with van der Waals surface area (Å²) in [6.45, 7) is -0.136. The fraction of sp³-hybridized carbons (Fsp3) is 0.375. The van der Waals surface area contributed by atoms with Gasteiger partial charge in [-0.2, -0.15) is 25.3 Å². The van der Waals surface area contributed by atoms with E-state index in [0.717, 1.165) is 0 Å². The molecule has 3 nitrogen and oxygen atoms in total. The Balaban J connectivity index is 0.00000169. The molecular weight excluding hydrogens is 242 g/mol. The summed E-state index contributed by atoms with van der Waals surface area (Å²) in [4.78, 5) is 3.96. The second-order valence-electron chi connectivity index (χ2n) is 2.53. The van der Waals surface area contributed by atoms with Gasteiger partial charge in [-0.15, -0.1) is 12.4 Å². The number of halogens is 1. The van der Waals surface area contributed by atoms with Crippen LogP contribution in [0.4, 0.5) is 0 Å². The first-order valence-electron chi connectivity index (χ1n) is 3.75. The summed E-state index contributed by atoms with van der Waals surface area (Å²) in [7, 11) is 0. The minimum absolute atomic E-state index is 0. The number of rotatable bonds is 3. The van der Waals surface area contributed by atoms with Crippen LogP contribution in [0, 0.1) is 0 Å². The Morgan fingerprint density at radius 2 is 1.93 bits per heavy atom. The van der Waals surface area contributed by atoms with Gasteiger partial charge in [0, 0.05) is 28.8 Å². The minimum Gasteiger partial charge on any atom is -0.506 e. The lowest BCUT2D eigenvalue weighted by molar-refractivity contribution is 0.279. The molecule has 1 heterocycles. The van der Waals surface area contributed by atoms with Crippen LogP contribution in [0.25, 0.3) is 0 Å². The van der Waals surface area contributed by atoms with Crippen molar-refractivity contribution in [3.8, 4) is 5.75 Å². The Kier molecular flexibility index (Phi) is 6.35. The molecule has 0 amide bonds. The highest BCUT2D eigenvalue weighted by molar-refractivity contribution is 7.79. The molecular formula is C8H12ClNO2S2. The molecule has 1 aromatic heterocycles. The number of aromatic hydroxyl groups is 1. The maximum Gasteiger partial charge on any atom is 0.142 e. The zero-order chi connectivity index (χ0) is 9.84. The number of aromatic nitrogens is 1. The molecule has 0 aliphatic heterocycles. The Labute approximate surface area is 99.8 Å². The van der Waals surface area contributed by atoms with Crippen LogP contribution in [0.15, 0.2) is 6.20 Å². The largest absolute Gasteiger partial charge is 0.506 e. The van der Waals surface area contributed by atoms with Crippen LogP contribution in [-0.4, -0.2) is 15.2 Å². The van der Waals surface area contributed by atoms with Crippen molar-refractivity contribution in [3.05, 3.63) is 23.0 Å². The zero-order valence-electron chi connectivity index (χ0n) is 7.34. The topological polar surface area (TPSA) is 53.4 Å². The summed E-state index contributed by atoms with van der Waals surface area (Å²) in [6.07, 6.45) is 1.54. The lowest BCUT2D eigenvalue weighted by atomic mass is 10.1. The van der Waals surface area contributed by atoms with Gasteiger partial charge in [-0.05, 0) is 0 Å². The van der Waals surface area contributed by atoms with E-state index in [1.165, 1.54) is 6.20 Å². The summed E-state index contributed by atoms with van der Waals surface area (Å²) in [5.74, 6) is 0.847. The average molecular weight is 254 g/mol. The summed E-state index contributed by atoms with van der Waals surface area (Å²) in [5.41, 5.74) is 1.76. The minimum atomic E-state index is -0.136. The van der Waals surface area contributed by atoms with Crippen LogP contribution in [0.1, 0.15) is 16.8 Å². The second-order valence-corrected chi connectivity index (χ2v) is 3.16. The van der Waals surface area contributed by atoms with Crippen molar-refractivity contribution in [1.82, 2.24) is 4.98 Å². The number of aliphatic hydroxyl groups is 1. The number of hydrogen-bond acceptors (Lipinski definition) is 5. The van der Waals surface area contributed by atoms with Crippen molar-refractivity contribution in [2.45, 2.75) is 18.1 Å². The summed E-state index contributed by atoms with van der Waals surface area (Å²) >= 11 is 8.09. The van der Waals surface area contributed by atoms with Gasteiger partial charge in [0.05, 0.1) is 12.3 Å². The van der Waals surface area contributed by atoms with Gasteiger partial charge < -0.3 is 10.2 Å². The molecule has 2 N–H and O–H groups in total. The first kappa shape index (κ1) is 13.9. The number of thiol groups is 2. The highest BCUT2D eigenvalue weighted by Crippen LogP contribution is 2.26. The molecule has 1 aromatic rings. The standard InChI is InChI=1S/C8H11NO2S2.ClH/c10-2-5-1-9-7(4-13)8(11)6(5)3-12;/h1,10-13H,2-4H2;1H. The molecule has 0 fully saturated rings. The van der Waals surface area contributed by atoms with Crippen molar-refractivity contribution < 1.29 is 10.2 Å². The van der Waals surface area contributed by atoms with E-state index in [1.54, 1.807) is 0 Å². The third-order valence-corrected chi connectivity index (χ3v) is 2.42. The van der Waals surface area contributed by atoms with E-state index < -0.39 is 0 Å². The molecule has 0 aromatic carbocycles. The number of nitrogens with zero attached hydrogens (tertiary/aromatic N) is 1. The van der Waals surface area contributed by atoms with E-state index in [0.29, 0.717) is 28.3 Å². The molecule has 0 atom stereocenters. The van der Waals surface area contributed by atoms with Crippen molar-refractivity contribution in [2.75, 3.05) is 0 Å². The Hall–Kier alpha value is -0.100. The van der Waals surface area contributed by atoms with E-state index in [-0.39, 0.29) is 24.8 Å². The van der Waals surface area contributed by atoms with Crippen LogP contribution in [0.2, 0.25) is 0 Å². The lowest BCUT2D eigenvalue weighted by Gasteiger charge is -2.09. The van der Waals surface area contributed by atoms with Gasteiger partial charge in [0.15, 0.2) is 0 Å². The van der Waals surface area contributed by atoms with Gasteiger partial charge in [0.25, 0.3) is 0 Å². The third-order valence-electron chi connectivity index (χ3n) is 1.80. The van der Waals surface area contributed by atoms with Gasteiger partial charge in [0.1, 0.15) is 5.75 Å². The Morgan fingerprint density at radius 1 is 1.29 bits per heavy atom. The van der Waals surface area contributed by atoms with Gasteiger partial charge in [-0.1, -0.05) is 0 Å². The smallest absolute Gasteiger partial charge is 0.142 e. The third kappa shape index (κ3) is 2.70. The molecule has 0 aliphatic carbocycles. The SMILES string of the molecule is Cl.OCc1cnc(CS)c(O)c1CS. The predicted octanol–water partition coefficient (Wildman–Crippen LogP) is 1.56. The molecule has 0 radical (unpaired) electrons. The molecule has 1 rings (SSSR count). The lowest BCUT2D eigenvalue weighted by Crippen LogP contribution is -1.98. The first-order chi connectivity index (χ1) is 6.24.